The lowest BCUT2D eigenvalue weighted by atomic mass is 9.84. The monoisotopic (exact) mass is 293 g/mol. The van der Waals surface area contributed by atoms with Gasteiger partial charge >= 0.3 is 5.97 Å². The SMILES string of the molecule is CCC1(C(=O)O)CCN(C(C)c2ccc(SC)cc2)C1. The largest absolute Gasteiger partial charge is 0.481 e. The van der Waals surface area contributed by atoms with Crippen LogP contribution in [0, 0.1) is 5.41 Å². The maximum Gasteiger partial charge on any atom is 0.310 e. The molecule has 1 fully saturated rings. The summed E-state index contributed by atoms with van der Waals surface area (Å²) in [6.07, 6.45) is 3.53. The van der Waals surface area contributed by atoms with E-state index in [0.29, 0.717) is 13.0 Å². The van der Waals surface area contributed by atoms with Crippen molar-refractivity contribution in [1.82, 2.24) is 4.90 Å². The van der Waals surface area contributed by atoms with Gasteiger partial charge < -0.3 is 5.11 Å². The smallest absolute Gasteiger partial charge is 0.310 e. The van der Waals surface area contributed by atoms with Gasteiger partial charge in [0.15, 0.2) is 0 Å². The highest BCUT2D eigenvalue weighted by molar-refractivity contribution is 7.98. The predicted octanol–water partition coefficient (Wildman–Crippen LogP) is 3.66. The number of carbonyl (C=O) groups is 1. The van der Waals surface area contributed by atoms with E-state index < -0.39 is 11.4 Å². The number of thioether (sulfide) groups is 1. The topological polar surface area (TPSA) is 40.5 Å². The van der Waals surface area contributed by atoms with Crippen LogP contribution in [0.5, 0.6) is 0 Å². The maximum atomic E-state index is 11.5. The fourth-order valence-corrected chi connectivity index (χ4v) is 3.35. The minimum Gasteiger partial charge on any atom is -0.481 e. The quantitative estimate of drug-likeness (QED) is 0.841. The molecule has 4 heteroatoms. The van der Waals surface area contributed by atoms with Crippen LogP contribution in [0.4, 0.5) is 0 Å². The van der Waals surface area contributed by atoms with Crippen molar-refractivity contribution in [2.45, 2.75) is 37.6 Å². The molecule has 0 aliphatic carbocycles. The lowest BCUT2D eigenvalue weighted by molar-refractivity contribution is -0.148. The fraction of sp³-hybridized carbons (Fsp3) is 0.562. The Hall–Kier alpha value is -1.00. The molecule has 0 radical (unpaired) electrons. The molecule has 0 amide bonds. The van der Waals surface area contributed by atoms with Crippen LogP contribution in [0.3, 0.4) is 0 Å². The number of hydrogen-bond donors (Lipinski definition) is 1. The summed E-state index contributed by atoms with van der Waals surface area (Å²) in [4.78, 5) is 15.1. The van der Waals surface area contributed by atoms with Gasteiger partial charge in [0, 0.05) is 17.5 Å². The summed E-state index contributed by atoms with van der Waals surface area (Å²) in [6.45, 7) is 5.67. The van der Waals surface area contributed by atoms with Crippen molar-refractivity contribution in [3.8, 4) is 0 Å². The first-order valence-electron chi connectivity index (χ1n) is 7.14. The zero-order valence-electron chi connectivity index (χ0n) is 12.4. The highest BCUT2D eigenvalue weighted by atomic mass is 32.2. The Kier molecular flexibility index (Phi) is 4.76. The zero-order valence-corrected chi connectivity index (χ0v) is 13.2. The summed E-state index contributed by atoms with van der Waals surface area (Å²) in [5.41, 5.74) is 0.716. The average molecular weight is 293 g/mol. The molecule has 1 aliphatic rings. The van der Waals surface area contributed by atoms with Crippen LogP contribution in [0.25, 0.3) is 0 Å². The lowest BCUT2D eigenvalue weighted by Gasteiger charge is -2.27. The molecule has 110 valence electrons. The third kappa shape index (κ3) is 2.86. The Labute approximate surface area is 125 Å². The second-order valence-corrected chi connectivity index (χ2v) is 6.49. The van der Waals surface area contributed by atoms with Crippen molar-refractivity contribution < 1.29 is 9.90 Å². The standard InChI is InChI=1S/C16H23NO2S/c1-4-16(15(18)19)9-10-17(11-16)12(2)13-5-7-14(20-3)8-6-13/h5-8,12H,4,9-11H2,1-3H3,(H,18,19). The van der Waals surface area contributed by atoms with Gasteiger partial charge in [-0.2, -0.15) is 0 Å². The van der Waals surface area contributed by atoms with Crippen molar-refractivity contribution in [3.05, 3.63) is 29.8 Å². The number of carboxylic acids is 1. The van der Waals surface area contributed by atoms with Gasteiger partial charge in [0.2, 0.25) is 0 Å². The number of aliphatic carboxylic acids is 1. The molecule has 0 aromatic heterocycles. The van der Waals surface area contributed by atoms with E-state index in [9.17, 15) is 9.90 Å². The molecule has 1 heterocycles. The molecule has 1 aromatic rings. The predicted molar refractivity (Wildman–Crippen MR) is 83.2 cm³/mol. The first kappa shape index (κ1) is 15.4. The second-order valence-electron chi connectivity index (χ2n) is 5.61. The third-order valence-electron chi connectivity index (χ3n) is 4.66. The number of nitrogens with zero attached hydrogens (tertiary/aromatic N) is 1. The molecule has 1 N–H and O–H groups in total. The van der Waals surface area contributed by atoms with Crippen molar-refractivity contribution in [1.29, 1.82) is 0 Å². The third-order valence-corrected chi connectivity index (χ3v) is 5.40. The van der Waals surface area contributed by atoms with Crippen molar-refractivity contribution in [2.24, 2.45) is 5.41 Å². The average Bonchev–Trinajstić information content (AvgIpc) is 2.92. The van der Waals surface area contributed by atoms with E-state index >= 15 is 0 Å². The van der Waals surface area contributed by atoms with E-state index in [0.717, 1.165) is 13.0 Å². The van der Waals surface area contributed by atoms with Crippen LogP contribution in [0.1, 0.15) is 38.3 Å². The minimum absolute atomic E-state index is 0.277. The number of benzene rings is 1. The number of carboxylic acid groups (broad SMARTS) is 1. The molecule has 2 atom stereocenters. The number of likely N-dealkylation sites (tertiary alicyclic amines) is 1. The molecule has 1 saturated heterocycles. The Balaban J connectivity index is 2.10. The van der Waals surface area contributed by atoms with Gasteiger partial charge in [-0.15, -0.1) is 11.8 Å². The Morgan fingerprint density at radius 3 is 2.55 bits per heavy atom. The Bertz CT molecular complexity index is 474. The van der Waals surface area contributed by atoms with Crippen LogP contribution in [0.15, 0.2) is 29.2 Å². The van der Waals surface area contributed by atoms with E-state index in [4.69, 9.17) is 0 Å². The van der Waals surface area contributed by atoms with E-state index in [1.54, 1.807) is 11.8 Å². The normalized spacial score (nSPS) is 24.8. The summed E-state index contributed by atoms with van der Waals surface area (Å²) in [5, 5.41) is 9.47. The molecule has 20 heavy (non-hydrogen) atoms. The van der Waals surface area contributed by atoms with Crippen molar-refractivity contribution in [2.75, 3.05) is 19.3 Å². The summed E-state index contributed by atoms with van der Waals surface area (Å²) in [6, 6.07) is 8.86. The summed E-state index contributed by atoms with van der Waals surface area (Å²) < 4.78 is 0. The molecule has 1 aliphatic heterocycles. The minimum atomic E-state index is -0.646. The Morgan fingerprint density at radius 1 is 1.45 bits per heavy atom. The Morgan fingerprint density at radius 2 is 2.10 bits per heavy atom. The van der Waals surface area contributed by atoms with Gasteiger partial charge in [-0.25, -0.2) is 0 Å². The van der Waals surface area contributed by atoms with Crippen molar-refractivity contribution in [3.63, 3.8) is 0 Å². The molecule has 2 unspecified atom stereocenters. The maximum absolute atomic E-state index is 11.5. The molecule has 1 aromatic carbocycles. The highest BCUT2D eigenvalue weighted by Gasteiger charge is 2.44. The van der Waals surface area contributed by atoms with Crippen LogP contribution >= 0.6 is 11.8 Å². The zero-order chi connectivity index (χ0) is 14.8. The molecule has 0 bridgehead atoms. The first-order valence-corrected chi connectivity index (χ1v) is 8.36. The van der Waals surface area contributed by atoms with Crippen molar-refractivity contribution >= 4 is 17.7 Å². The van der Waals surface area contributed by atoms with Crippen LogP contribution in [0.2, 0.25) is 0 Å². The van der Waals surface area contributed by atoms with Gasteiger partial charge in [0.05, 0.1) is 5.41 Å². The molecular formula is C16H23NO2S. The molecular weight excluding hydrogens is 270 g/mol. The molecule has 0 spiro atoms. The molecule has 2 rings (SSSR count). The van der Waals surface area contributed by atoms with Gasteiger partial charge in [0.1, 0.15) is 0 Å². The lowest BCUT2D eigenvalue weighted by Crippen LogP contribution is -2.34. The van der Waals surface area contributed by atoms with E-state index in [-0.39, 0.29) is 6.04 Å². The van der Waals surface area contributed by atoms with Gasteiger partial charge in [-0.05, 0) is 50.3 Å². The fourth-order valence-electron chi connectivity index (χ4n) is 2.94. The molecule has 0 saturated carbocycles. The summed E-state index contributed by atoms with van der Waals surface area (Å²) >= 11 is 1.74. The van der Waals surface area contributed by atoms with E-state index in [2.05, 4.69) is 42.3 Å². The highest BCUT2D eigenvalue weighted by Crippen LogP contribution is 2.38. The van der Waals surface area contributed by atoms with Gasteiger partial charge in [-0.1, -0.05) is 19.1 Å². The van der Waals surface area contributed by atoms with Gasteiger partial charge in [-0.3, -0.25) is 9.69 Å². The van der Waals surface area contributed by atoms with Gasteiger partial charge in [0.25, 0.3) is 0 Å². The molecule has 3 nitrogen and oxygen atoms in total. The summed E-state index contributed by atoms with van der Waals surface area (Å²) in [5.74, 6) is -0.646. The van der Waals surface area contributed by atoms with Crippen LogP contribution < -0.4 is 0 Å². The van der Waals surface area contributed by atoms with Crippen LogP contribution in [-0.4, -0.2) is 35.3 Å². The second kappa shape index (κ2) is 6.19. The first-order chi connectivity index (χ1) is 9.52. The number of hydrogen-bond acceptors (Lipinski definition) is 3. The van der Waals surface area contributed by atoms with Crippen LogP contribution in [-0.2, 0) is 4.79 Å². The van der Waals surface area contributed by atoms with E-state index in [1.165, 1.54) is 10.5 Å². The van der Waals surface area contributed by atoms with E-state index in [1.807, 2.05) is 6.92 Å². The number of rotatable bonds is 5. The summed E-state index contributed by atoms with van der Waals surface area (Å²) in [7, 11) is 0.